The van der Waals surface area contributed by atoms with E-state index in [-0.39, 0.29) is 11.7 Å². The van der Waals surface area contributed by atoms with Gasteiger partial charge in [0.15, 0.2) is 0 Å². The number of carbonyl (C=O) groups is 1. The Balaban J connectivity index is 1.54. The van der Waals surface area contributed by atoms with E-state index >= 15 is 0 Å². The fraction of sp³-hybridized carbons (Fsp3) is 0.318. The molecule has 3 heterocycles. The van der Waals surface area contributed by atoms with E-state index in [0.29, 0.717) is 30.6 Å². The number of anilines is 1. The lowest BCUT2D eigenvalue weighted by Gasteiger charge is -2.16. The van der Waals surface area contributed by atoms with Crippen molar-refractivity contribution in [3.8, 4) is 28.3 Å². The number of aryl methyl sites for hydroxylation is 1. The molecule has 5 rings (SSSR count). The lowest BCUT2D eigenvalue weighted by atomic mass is 10.0. The fourth-order valence-corrected chi connectivity index (χ4v) is 3.63. The average Bonchev–Trinajstić information content (AvgIpc) is 3.45. The molecule has 1 aliphatic carbocycles. The highest BCUT2D eigenvalue weighted by molar-refractivity contribution is 5.92. The molecule has 3 aromatic rings. The maximum atomic E-state index is 13.4. The van der Waals surface area contributed by atoms with Crippen molar-refractivity contribution in [1.82, 2.24) is 14.8 Å². The van der Waals surface area contributed by atoms with Crippen LogP contribution in [0.25, 0.3) is 22.4 Å². The number of rotatable bonds is 5. The number of fused-ring (bicyclic) bond motifs is 1. The van der Waals surface area contributed by atoms with E-state index in [0.717, 1.165) is 48.2 Å². The second kappa shape index (κ2) is 7.31. The summed E-state index contributed by atoms with van der Waals surface area (Å²) in [5.74, 6) is 1.41. The number of benzene rings is 1. The Bertz CT molecular complexity index is 1060. The van der Waals surface area contributed by atoms with Crippen molar-refractivity contribution in [1.29, 1.82) is 0 Å². The number of pyridine rings is 1. The molecule has 0 saturated heterocycles. The molecule has 1 fully saturated rings. The molecule has 1 aliphatic heterocycles. The van der Waals surface area contributed by atoms with Crippen LogP contribution in [0.15, 0.2) is 42.6 Å². The molecule has 148 valence electrons. The predicted octanol–water partition coefficient (Wildman–Crippen LogP) is 4.27. The average molecular weight is 392 g/mol. The van der Waals surface area contributed by atoms with Crippen LogP contribution in [0.2, 0.25) is 0 Å². The highest BCUT2D eigenvalue weighted by Gasteiger charge is 2.26. The first-order valence-electron chi connectivity index (χ1n) is 9.93. The highest BCUT2D eigenvalue weighted by atomic mass is 19.1. The van der Waals surface area contributed by atoms with E-state index < -0.39 is 0 Å². The van der Waals surface area contributed by atoms with E-state index in [1.807, 2.05) is 16.8 Å². The minimum Gasteiger partial charge on any atom is -0.477 e. The number of halogens is 1. The summed E-state index contributed by atoms with van der Waals surface area (Å²) >= 11 is 0. The molecular weight excluding hydrogens is 371 g/mol. The van der Waals surface area contributed by atoms with Gasteiger partial charge in [-0.2, -0.15) is 5.10 Å². The zero-order chi connectivity index (χ0) is 19.8. The van der Waals surface area contributed by atoms with Crippen LogP contribution in [0.3, 0.4) is 0 Å². The third-order valence-corrected chi connectivity index (χ3v) is 5.26. The summed E-state index contributed by atoms with van der Waals surface area (Å²) in [6.07, 6.45) is 5.35. The second-order valence-electron chi connectivity index (χ2n) is 7.59. The first kappa shape index (κ1) is 17.8. The molecule has 7 heteroatoms. The molecule has 2 aliphatic rings. The van der Waals surface area contributed by atoms with Gasteiger partial charge in [0.2, 0.25) is 11.8 Å². The van der Waals surface area contributed by atoms with Gasteiger partial charge in [0.1, 0.15) is 17.3 Å². The van der Waals surface area contributed by atoms with Crippen molar-refractivity contribution in [2.75, 3.05) is 11.9 Å². The molecule has 0 unspecified atom stereocenters. The summed E-state index contributed by atoms with van der Waals surface area (Å²) in [5, 5.41) is 7.62. The Morgan fingerprint density at radius 2 is 2.03 bits per heavy atom. The molecule has 1 N–H and O–H groups in total. The number of aromatic nitrogens is 3. The Hall–Kier alpha value is -3.22. The molecule has 6 nitrogen and oxygen atoms in total. The van der Waals surface area contributed by atoms with Crippen LogP contribution >= 0.6 is 0 Å². The second-order valence-corrected chi connectivity index (χ2v) is 7.59. The normalized spacial score (nSPS) is 15.5. The molecule has 0 atom stereocenters. The van der Waals surface area contributed by atoms with Gasteiger partial charge in [-0.15, -0.1) is 0 Å². The molecule has 1 aromatic carbocycles. The van der Waals surface area contributed by atoms with Crippen molar-refractivity contribution < 1.29 is 13.9 Å². The zero-order valence-corrected chi connectivity index (χ0v) is 15.9. The van der Waals surface area contributed by atoms with Crippen LogP contribution in [0.4, 0.5) is 10.2 Å². The van der Waals surface area contributed by atoms with Gasteiger partial charge >= 0.3 is 0 Å². The van der Waals surface area contributed by atoms with Gasteiger partial charge in [-0.1, -0.05) is 0 Å². The number of hydrogen-bond donors (Lipinski definition) is 1. The van der Waals surface area contributed by atoms with Crippen molar-refractivity contribution in [3.63, 3.8) is 0 Å². The lowest BCUT2D eigenvalue weighted by molar-refractivity contribution is -0.116. The van der Waals surface area contributed by atoms with Gasteiger partial charge in [-0.3, -0.25) is 4.79 Å². The summed E-state index contributed by atoms with van der Waals surface area (Å²) in [4.78, 5) is 16.5. The number of hydrogen-bond acceptors (Lipinski definition) is 4. The number of nitrogens with zero attached hydrogens (tertiary/aromatic N) is 3. The number of ether oxygens (including phenoxy) is 1. The van der Waals surface area contributed by atoms with E-state index in [2.05, 4.69) is 10.3 Å². The van der Waals surface area contributed by atoms with E-state index in [4.69, 9.17) is 9.84 Å². The molecular formula is C22H21FN4O2. The maximum Gasteiger partial charge on any atom is 0.225 e. The Kier molecular flexibility index (Phi) is 4.50. The molecule has 0 radical (unpaired) electrons. The maximum absolute atomic E-state index is 13.4. The summed E-state index contributed by atoms with van der Waals surface area (Å²) in [5.41, 5.74) is 3.21. The quantitative estimate of drug-likeness (QED) is 0.704. The molecule has 1 amide bonds. The number of carbonyl (C=O) groups excluding carboxylic acids is 1. The summed E-state index contributed by atoms with van der Waals surface area (Å²) in [6, 6.07) is 10.00. The van der Waals surface area contributed by atoms with Crippen LogP contribution in [-0.4, -0.2) is 27.3 Å². The predicted molar refractivity (Wildman–Crippen MR) is 107 cm³/mol. The molecule has 29 heavy (non-hydrogen) atoms. The first-order valence-corrected chi connectivity index (χ1v) is 9.93. The van der Waals surface area contributed by atoms with E-state index in [1.165, 1.54) is 12.1 Å². The van der Waals surface area contributed by atoms with Crippen LogP contribution in [0.5, 0.6) is 5.88 Å². The molecule has 0 spiro atoms. The van der Waals surface area contributed by atoms with Crippen molar-refractivity contribution >= 4 is 11.7 Å². The van der Waals surface area contributed by atoms with Gasteiger partial charge in [0.25, 0.3) is 0 Å². The summed E-state index contributed by atoms with van der Waals surface area (Å²) < 4.78 is 21.2. The van der Waals surface area contributed by atoms with Crippen molar-refractivity contribution in [2.24, 2.45) is 5.92 Å². The Morgan fingerprint density at radius 1 is 1.21 bits per heavy atom. The largest absolute Gasteiger partial charge is 0.477 e. The van der Waals surface area contributed by atoms with Gasteiger partial charge in [0.05, 0.1) is 12.2 Å². The zero-order valence-electron chi connectivity index (χ0n) is 15.9. The van der Waals surface area contributed by atoms with Crippen molar-refractivity contribution in [2.45, 2.75) is 32.2 Å². The third kappa shape index (κ3) is 3.72. The minimum atomic E-state index is -0.292. The van der Waals surface area contributed by atoms with Gasteiger partial charge in [-0.25, -0.2) is 14.1 Å². The Labute approximate surface area is 167 Å². The minimum absolute atomic E-state index is 0.0100. The lowest BCUT2D eigenvalue weighted by Crippen LogP contribution is -2.15. The van der Waals surface area contributed by atoms with E-state index in [1.54, 1.807) is 18.3 Å². The molecule has 1 saturated carbocycles. The van der Waals surface area contributed by atoms with Crippen molar-refractivity contribution in [3.05, 3.63) is 48.4 Å². The topological polar surface area (TPSA) is 69.0 Å². The fourth-order valence-electron chi connectivity index (χ4n) is 3.63. The first-order chi connectivity index (χ1) is 14.2. The standard InChI is InChI=1S/C22H21FN4O2/c23-17-6-4-15(5-7-17)21-20(22-27(26-21)10-1-11-29-22)16-8-9-24-18(13-16)25-19(28)12-14-2-3-14/h4-9,13-14H,1-3,10-12H2,(H,24,25,28). The summed E-state index contributed by atoms with van der Waals surface area (Å²) in [6.45, 7) is 1.39. The Morgan fingerprint density at radius 3 is 2.83 bits per heavy atom. The SMILES string of the molecule is O=C(CC1CC1)Nc1cc(-c2c(-c3ccc(F)cc3)nn3c2OCCC3)ccn1. The third-order valence-electron chi connectivity index (χ3n) is 5.26. The van der Waals surface area contributed by atoms with Crippen LogP contribution in [-0.2, 0) is 11.3 Å². The van der Waals surface area contributed by atoms with Crippen LogP contribution in [0.1, 0.15) is 25.7 Å². The molecule has 2 aromatic heterocycles. The monoisotopic (exact) mass is 392 g/mol. The van der Waals surface area contributed by atoms with Gasteiger partial charge < -0.3 is 10.1 Å². The van der Waals surface area contributed by atoms with Crippen LogP contribution in [0, 0.1) is 11.7 Å². The van der Waals surface area contributed by atoms with E-state index in [9.17, 15) is 9.18 Å². The highest BCUT2D eigenvalue weighted by Crippen LogP contribution is 2.41. The summed E-state index contributed by atoms with van der Waals surface area (Å²) in [7, 11) is 0. The van der Waals surface area contributed by atoms with Gasteiger partial charge in [-0.05, 0) is 60.7 Å². The molecule has 0 bridgehead atoms. The van der Waals surface area contributed by atoms with Crippen LogP contribution < -0.4 is 10.1 Å². The smallest absolute Gasteiger partial charge is 0.225 e. The number of nitrogens with one attached hydrogen (secondary N) is 1. The number of amides is 1. The van der Waals surface area contributed by atoms with Gasteiger partial charge in [0, 0.05) is 31.1 Å².